The van der Waals surface area contributed by atoms with Gasteiger partial charge in [-0.15, -0.1) is 0 Å². The van der Waals surface area contributed by atoms with Crippen molar-refractivity contribution in [2.24, 2.45) is 0 Å². The number of carbonyl (C=O) groups is 1. The molecule has 6 heteroatoms. The van der Waals surface area contributed by atoms with Gasteiger partial charge in [-0.2, -0.15) is 0 Å². The number of rotatable bonds is 4. The number of aromatic hydroxyl groups is 1. The summed E-state index contributed by atoms with van der Waals surface area (Å²) in [5.41, 5.74) is 0.686. The fraction of sp³-hybridized carbons (Fsp3) is 0.0714. The molecular formula is C14H11ClFNO3. The molecule has 2 aromatic rings. The van der Waals surface area contributed by atoms with E-state index in [2.05, 4.69) is 5.32 Å². The van der Waals surface area contributed by atoms with Crippen LogP contribution in [0.25, 0.3) is 0 Å². The van der Waals surface area contributed by atoms with Crippen LogP contribution in [0.2, 0.25) is 5.02 Å². The number of nitrogens with one attached hydrogen (secondary N) is 1. The van der Waals surface area contributed by atoms with Crippen LogP contribution in [0.3, 0.4) is 0 Å². The Hall–Kier alpha value is -2.27. The highest BCUT2D eigenvalue weighted by Crippen LogP contribution is 2.28. The zero-order valence-corrected chi connectivity index (χ0v) is 10.9. The number of carboxylic acids is 1. The average Bonchev–Trinajstić information content (AvgIpc) is 2.39. The van der Waals surface area contributed by atoms with Gasteiger partial charge in [-0.25, -0.2) is 9.18 Å². The molecule has 0 amide bonds. The van der Waals surface area contributed by atoms with Crippen LogP contribution in [0.1, 0.15) is 11.6 Å². The van der Waals surface area contributed by atoms with E-state index in [1.807, 2.05) is 0 Å². The molecule has 2 rings (SSSR count). The number of aliphatic carboxylic acids is 1. The molecule has 0 saturated carbocycles. The van der Waals surface area contributed by atoms with Crippen LogP contribution in [0, 0.1) is 5.82 Å². The third kappa shape index (κ3) is 3.19. The van der Waals surface area contributed by atoms with Gasteiger partial charge in [0.1, 0.15) is 11.6 Å². The summed E-state index contributed by atoms with van der Waals surface area (Å²) < 4.78 is 13.1. The molecule has 20 heavy (non-hydrogen) atoms. The monoisotopic (exact) mass is 295 g/mol. The van der Waals surface area contributed by atoms with E-state index in [9.17, 15) is 19.4 Å². The zero-order valence-electron chi connectivity index (χ0n) is 10.2. The number of anilines is 1. The third-order valence-corrected chi connectivity index (χ3v) is 2.99. The highest BCUT2D eigenvalue weighted by atomic mass is 35.5. The van der Waals surface area contributed by atoms with Crippen molar-refractivity contribution in [2.75, 3.05) is 5.32 Å². The van der Waals surface area contributed by atoms with Crippen LogP contribution in [0.5, 0.6) is 5.75 Å². The predicted octanol–water partition coefficient (Wildman–Crippen LogP) is 3.42. The van der Waals surface area contributed by atoms with Crippen LogP contribution in [0.15, 0.2) is 42.5 Å². The van der Waals surface area contributed by atoms with Crippen LogP contribution < -0.4 is 5.32 Å². The van der Waals surface area contributed by atoms with E-state index in [1.54, 1.807) is 6.07 Å². The molecule has 0 heterocycles. The van der Waals surface area contributed by atoms with E-state index in [1.165, 1.54) is 36.4 Å². The van der Waals surface area contributed by atoms with Gasteiger partial charge in [0.25, 0.3) is 0 Å². The van der Waals surface area contributed by atoms with Crippen molar-refractivity contribution in [1.29, 1.82) is 0 Å². The van der Waals surface area contributed by atoms with Gasteiger partial charge in [-0.3, -0.25) is 0 Å². The summed E-state index contributed by atoms with van der Waals surface area (Å²) in [6.45, 7) is 0. The number of halogens is 2. The van der Waals surface area contributed by atoms with Crippen LogP contribution in [0.4, 0.5) is 10.1 Å². The summed E-state index contributed by atoms with van der Waals surface area (Å²) in [6.07, 6.45) is 0. The van der Waals surface area contributed by atoms with Crippen molar-refractivity contribution in [3.63, 3.8) is 0 Å². The van der Waals surface area contributed by atoms with Crippen molar-refractivity contribution >= 4 is 23.3 Å². The van der Waals surface area contributed by atoms with E-state index in [4.69, 9.17) is 11.6 Å². The van der Waals surface area contributed by atoms with Crippen molar-refractivity contribution in [2.45, 2.75) is 6.04 Å². The normalized spacial score (nSPS) is 11.9. The van der Waals surface area contributed by atoms with Gasteiger partial charge in [0.2, 0.25) is 0 Å². The first-order valence-electron chi connectivity index (χ1n) is 5.70. The molecule has 0 aromatic heterocycles. The molecule has 104 valence electrons. The quantitative estimate of drug-likeness (QED) is 0.808. The maximum atomic E-state index is 13.1. The molecule has 1 atom stereocenters. The molecule has 0 saturated heterocycles. The third-order valence-electron chi connectivity index (χ3n) is 2.69. The minimum absolute atomic E-state index is 0.0507. The minimum atomic E-state index is -1.14. The first kappa shape index (κ1) is 14.1. The molecule has 2 aromatic carbocycles. The zero-order chi connectivity index (χ0) is 14.7. The summed E-state index contributed by atoms with van der Waals surface area (Å²) in [7, 11) is 0. The largest absolute Gasteiger partial charge is 0.506 e. The standard InChI is InChI=1S/C14H11ClFNO3/c15-11-6-8(4-5-12(11)18)13(14(19)20)17-10-3-1-2-9(16)7-10/h1-7,13,17-18H,(H,19,20). The maximum Gasteiger partial charge on any atom is 0.330 e. The maximum absolute atomic E-state index is 13.1. The number of phenols is 1. The van der Waals surface area contributed by atoms with Crippen LogP contribution >= 0.6 is 11.6 Å². The second-order valence-electron chi connectivity index (χ2n) is 4.14. The molecule has 0 bridgehead atoms. The van der Waals surface area contributed by atoms with E-state index < -0.39 is 17.8 Å². The Labute approximate surface area is 119 Å². The van der Waals surface area contributed by atoms with E-state index in [0.29, 0.717) is 11.3 Å². The predicted molar refractivity (Wildman–Crippen MR) is 73.5 cm³/mol. The number of hydrogen-bond acceptors (Lipinski definition) is 3. The van der Waals surface area contributed by atoms with E-state index >= 15 is 0 Å². The van der Waals surface area contributed by atoms with Crippen LogP contribution in [-0.4, -0.2) is 16.2 Å². The van der Waals surface area contributed by atoms with Crippen molar-refractivity contribution in [3.05, 3.63) is 58.9 Å². The SMILES string of the molecule is O=C(O)C(Nc1cccc(F)c1)c1ccc(O)c(Cl)c1. The Balaban J connectivity index is 2.32. The summed E-state index contributed by atoms with van der Waals surface area (Å²) in [5, 5.41) is 21.3. The highest BCUT2D eigenvalue weighted by Gasteiger charge is 2.20. The molecule has 4 nitrogen and oxygen atoms in total. The summed E-state index contributed by atoms with van der Waals surface area (Å²) in [6, 6.07) is 8.47. The fourth-order valence-corrected chi connectivity index (χ4v) is 1.92. The van der Waals surface area contributed by atoms with Gasteiger partial charge >= 0.3 is 5.97 Å². The Morgan fingerprint density at radius 2 is 2.00 bits per heavy atom. The number of hydrogen-bond donors (Lipinski definition) is 3. The lowest BCUT2D eigenvalue weighted by molar-refractivity contribution is -0.138. The summed E-state index contributed by atoms with van der Waals surface area (Å²) >= 11 is 5.76. The smallest absolute Gasteiger partial charge is 0.330 e. The molecular weight excluding hydrogens is 285 g/mol. The molecule has 3 N–H and O–H groups in total. The average molecular weight is 296 g/mol. The number of carboxylic acid groups (broad SMARTS) is 1. The van der Waals surface area contributed by atoms with Gasteiger partial charge in [-0.05, 0) is 35.9 Å². The Kier molecular flexibility index (Phi) is 4.10. The molecule has 0 radical (unpaired) electrons. The fourth-order valence-electron chi connectivity index (χ4n) is 1.74. The van der Waals surface area contributed by atoms with E-state index in [-0.39, 0.29) is 10.8 Å². The summed E-state index contributed by atoms with van der Waals surface area (Å²) in [5.74, 6) is -1.75. The van der Waals surface area contributed by atoms with Gasteiger partial charge in [0.15, 0.2) is 6.04 Å². The van der Waals surface area contributed by atoms with Crippen molar-refractivity contribution in [3.8, 4) is 5.75 Å². The molecule has 0 spiro atoms. The Morgan fingerprint density at radius 3 is 2.60 bits per heavy atom. The molecule has 0 fully saturated rings. The minimum Gasteiger partial charge on any atom is -0.506 e. The van der Waals surface area contributed by atoms with Gasteiger partial charge in [0, 0.05) is 5.69 Å². The topological polar surface area (TPSA) is 69.6 Å². The number of phenolic OH excluding ortho intramolecular Hbond substituents is 1. The highest BCUT2D eigenvalue weighted by molar-refractivity contribution is 6.32. The molecule has 0 aliphatic heterocycles. The Bertz CT molecular complexity index is 648. The molecule has 1 unspecified atom stereocenters. The van der Waals surface area contributed by atoms with Crippen LogP contribution in [-0.2, 0) is 4.79 Å². The van der Waals surface area contributed by atoms with Gasteiger partial charge < -0.3 is 15.5 Å². The van der Waals surface area contributed by atoms with Crippen molar-refractivity contribution < 1.29 is 19.4 Å². The lowest BCUT2D eigenvalue weighted by Crippen LogP contribution is -2.20. The second kappa shape index (κ2) is 5.79. The molecule has 0 aliphatic carbocycles. The molecule has 0 aliphatic rings. The van der Waals surface area contributed by atoms with E-state index in [0.717, 1.165) is 0 Å². The van der Waals surface area contributed by atoms with Gasteiger partial charge in [0.05, 0.1) is 5.02 Å². The Morgan fingerprint density at radius 1 is 1.25 bits per heavy atom. The van der Waals surface area contributed by atoms with Crippen molar-refractivity contribution in [1.82, 2.24) is 0 Å². The van der Waals surface area contributed by atoms with Gasteiger partial charge in [-0.1, -0.05) is 23.7 Å². The first-order chi connectivity index (χ1) is 9.47. The second-order valence-corrected chi connectivity index (χ2v) is 4.54. The summed E-state index contributed by atoms with van der Waals surface area (Å²) in [4.78, 5) is 11.3. The lowest BCUT2D eigenvalue weighted by Gasteiger charge is -2.16. The number of benzene rings is 2. The lowest BCUT2D eigenvalue weighted by atomic mass is 10.1. The first-order valence-corrected chi connectivity index (χ1v) is 6.08.